The third kappa shape index (κ3) is 17.7. The van der Waals surface area contributed by atoms with Crippen LogP contribution in [0.2, 0.25) is 0 Å². The lowest BCUT2D eigenvalue weighted by Crippen LogP contribution is -2.21. The van der Waals surface area contributed by atoms with E-state index in [2.05, 4.69) is 0 Å². The van der Waals surface area contributed by atoms with Crippen LogP contribution in [0.3, 0.4) is 0 Å². The second kappa shape index (κ2) is 26.2. The molecule has 24 heteroatoms. The number of carbonyl (C=O) groups is 2. The van der Waals surface area contributed by atoms with Gasteiger partial charge in [0.2, 0.25) is 0 Å². The zero-order valence-electron chi connectivity index (χ0n) is 35.6. The van der Waals surface area contributed by atoms with Crippen LogP contribution in [0.1, 0.15) is 62.2 Å². The van der Waals surface area contributed by atoms with Crippen molar-refractivity contribution in [3.63, 3.8) is 0 Å². The Morgan fingerprint density at radius 2 is 0.984 bits per heavy atom. The maximum absolute atomic E-state index is 13.5. The number of aliphatic carboxylic acids is 2. The zero-order valence-corrected chi connectivity index (χ0v) is 38.9. The number of hydrogen-bond acceptors (Lipinski definition) is 14. The zero-order chi connectivity index (χ0) is 47.5. The molecule has 64 heavy (non-hydrogen) atoms. The Kier molecular flexibility index (Phi) is 22.0. The first-order valence-electron chi connectivity index (χ1n) is 19.8. The summed E-state index contributed by atoms with van der Waals surface area (Å²) in [4.78, 5) is 42.3. The van der Waals surface area contributed by atoms with Crippen LogP contribution in [0.15, 0.2) is 81.6 Å². The van der Waals surface area contributed by atoms with Crippen molar-refractivity contribution in [3.8, 4) is 11.5 Å². The second-order valence-corrected chi connectivity index (χ2v) is 19.3. The summed E-state index contributed by atoms with van der Waals surface area (Å²) in [5.41, 5.74) is 1.59. The maximum atomic E-state index is 13.5. The van der Waals surface area contributed by atoms with E-state index in [9.17, 15) is 38.9 Å². The van der Waals surface area contributed by atoms with Crippen molar-refractivity contribution in [3.05, 3.63) is 116 Å². The molecule has 2 aromatic heterocycles. The Hall–Kier alpha value is -4.78. The average Bonchev–Trinajstić information content (AvgIpc) is 3.95. The van der Waals surface area contributed by atoms with Crippen LogP contribution in [0.4, 0.5) is 11.8 Å². The minimum Gasteiger partial charge on any atom is -0.481 e. The van der Waals surface area contributed by atoms with Crippen LogP contribution >= 0.6 is 38.7 Å². The molecule has 0 aliphatic carbocycles. The van der Waals surface area contributed by atoms with Crippen molar-refractivity contribution in [2.75, 3.05) is 38.9 Å². The lowest BCUT2D eigenvalue weighted by atomic mass is 10.0. The molecule has 20 nitrogen and oxygen atoms in total. The quantitative estimate of drug-likeness (QED) is 0.0176. The summed E-state index contributed by atoms with van der Waals surface area (Å²) in [5, 5.41) is 39.7. The van der Waals surface area contributed by atoms with Gasteiger partial charge in [0.15, 0.2) is 0 Å². The Bertz CT molecular complexity index is 2050. The predicted molar refractivity (Wildman–Crippen MR) is 236 cm³/mol. The molecule has 0 radical (unpaired) electrons. The summed E-state index contributed by atoms with van der Waals surface area (Å²) in [6, 6.07) is 18.2. The first-order valence-corrected chi connectivity index (χ1v) is 23.9. The van der Waals surface area contributed by atoms with E-state index in [1.165, 1.54) is 33.6 Å². The number of hydrogen-bond donors (Lipinski definition) is 2. The molecule has 4 atom stereocenters. The number of nitrogens with zero attached hydrogens (tertiary/aromatic N) is 4. The molecule has 0 fully saturated rings. The molecule has 0 saturated heterocycles. The van der Waals surface area contributed by atoms with Gasteiger partial charge in [-0.2, -0.15) is 0 Å². The number of nitro groups is 2. The highest BCUT2D eigenvalue weighted by Gasteiger charge is 2.35. The van der Waals surface area contributed by atoms with E-state index in [1.807, 2.05) is 0 Å². The number of halogens is 2. The van der Waals surface area contributed by atoms with E-state index >= 15 is 0 Å². The summed E-state index contributed by atoms with van der Waals surface area (Å²) < 4.78 is 62.6. The molecule has 352 valence electrons. The van der Waals surface area contributed by atoms with Crippen LogP contribution in [-0.4, -0.2) is 80.3 Å². The third-order valence-electron chi connectivity index (χ3n) is 9.18. The number of furan rings is 2. The van der Waals surface area contributed by atoms with E-state index in [0.717, 1.165) is 11.1 Å². The van der Waals surface area contributed by atoms with Gasteiger partial charge in [0.25, 0.3) is 0 Å². The van der Waals surface area contributed by atoms with Crippen LogP contribution in [-0.2, 0) is 53.8 Å². The summed E-state index contributed by atoms with van der Waals surface area (Å²) in [6.07, 6.45) is 3.45. The lowest BCUT2D eigenvalue weighted by molar-refractivity contribution is -0.402. The topological polar surface area (TPSA) is 265 Å². The molecular weight excluding hydrogens is 925 g/mol. The summed E-state index contributed by atoms with van der Waals surface area (Å²) in [5.74, 6) is -2.01. The average molecular weight is 978 g/mol. The van der Waals surface area contributed by atoms with E-state index in [1.54, 1.807) is 76.5 Å². The predicted octanol–water partition coefficient (Wildman–Crippen LogP) is 10.2. The van der Waals surface area contributed by atoms with Gasteiger partial charge in [0.1, 0.15) is 46.1 Å². The molecule has 2 heterocycles. The van der Waals surface area contributed by atoms with Crippen molar-refractivity contribution in [2.45, 2.75) is 65.6 Å². The SMILES string of the molecule is CC(Cc1ccc(OP(=O)(OCc2ccc([N+](=O)[O-])o2)N(C)CCCCCl)cc1)C(=O)O.CC(Cc1ccc(OP(=O)(OCc2ccc([N+](=O)[O-])o2)N(C)CCCCCl)cc1)C(=O)O. The Morgan fingerprint density at radius 3 is 1.27 bits per heavy atom. The molecule has 0 saturated carbocycles. The van der Waals surface area contributed by atoms with Gasteiger partial charge in [-0.25, -0.2) is 18.5 Å². The molecule has 0 aliphatic rings. The highest BCUT2D eigenvalue weighted by molar-refractivity contribution is 7.51. The van der Waals surface area contributed by atoms with Crippen molar-refractivity contribution in [1.29, 1.82) is 0 Å². The molecule has 2 aromatic carbocycles. The maximum Gasteiger partial charge on any atom is 0.461 e. The largest absolute Gasteiger partial charge is 0.481 e. The van der Waals surface area contributed by atoms with Crippen LogP contribution in [0.5, 0.6) is 11.5 Å². The summed E-state index contributed by atoms with van der Waals surface area (Å²) in [7, 11) is -4.52. The van der Waals surface area contributed by atoms with Crippen LogP contribution < -0.4 is 9.05 Å². The summed E-state index contributed by atoms with van der Waals surface area (Å²) >= 11 is 11.4. The van der Waals surface area contributed by atoms with Gasteiger partial charge in [-0.1, -0.05) is 38.1 Å². The van der Waals surface area contributed by atoms with E-state index in [0.29, 0.717) is 63.4 Å². The van der Waals surface area contributed by atoms with Crippen molar-refractivity contribution in [2.24, 2.45) is 11.8 Å². The van der Waals surface area contributed by atoms with Crippen LogP contribution in [0, 0.1) is 32.1 Å². The van der Waals surface area contributed by atoms with E-state index in [4.69, 9.17) is 60.3 Å². The smallest absolute Gasteiger partial charge is 0.461 e. The number of benzene rings is 2. The third-order valence-corrected chi connectivity index (χ3v) is 13.6. The Morgan fingerprint density at radius 1 is 0.641 bits per heavy atom. The Balaban J connectivity index is 0.000000340. The van der Waals surface area contributed by atoms with Gasteiger partial charge in [-0.05, 0) is 100 Å². The normalized spacial score (nSPS) is 14.1. The van der Waals surface area contributed by atoms with Crippen LogP contribution in [0.25, 0.3) is 0 Å². The van der Waals surface area contributed by atoms with Gasteiger partial charge in [-0.3, -0.25) is 38.9 Å². The minimum atomic E-state index is -3.84. The highest BCUT2D eigenvalue weighted by atomic mass is 35.5. The number of unbranched alkanes of at least 4 members (excludes halogenated alkanes) is 2. The van der Waals surface area contributed by atoms with E-state index < -0.39 is 60.9 Å². The fourth-order valence-electron chi connectivity index (χ4n) is 5.40. The van der Waals surface area contributed by atoms with Crippen molar-refractivity contribution in [1.82, 2.24) is 9.34 Å². The number of carboxylic acids is 2. The summed E-state index contributed by atoms with van der Waals surface area (Å²) in [6.45, 7) is 3.42. The fraction of sp³-hybridized carbons (Fsp3) is 0.450. The lowest BCUT2D eigenvalue weighted by Gasteiger charge is -2.27. The molecule has 2 N–H and O–H groups in total. The second-order valence-electron chi connectivity index (χ2n) is 14.4. The first kappa shape index (κ1) is 53.6. The Labute approximate surface area is 379 Å². The number of alkyl halides is 2. The first-order chi connectivity index (χ1) is 30.3. The molecule has 0 spiro atoms. The molecule has 4 aromatic rings. The highest BCUT2D eigenvalue weighted by Crippen LogP contribution is 2.53. The minimum absolute atomic E-state index is 0.132. The number of carboxylic acid groups (broad SMARTS) is 2. The van der Waals surface area contributed by atoms with Gasteiger partial charge in [0, 0.05) is 24.8 Å². The van der Waals surface area contributed by atoms with Crippen molar-refractivity contribution >= 4 is 62.4 Å². The van der Waals surface area contributed by atoms with Crippen molar-refractivity contribution < 1.29 is 65.7 Å². The van der Waals surface area contributed by atoms with Gasteiger partial charge >= 0.3 is 39.2 Å². The molecule has 4 rings (SSSR count). The van der Waals surface area contributed by atoms with E-state index in [-0.39, 0.29) is 36.2 Å². The van der Waals surface area contributed by atoms with Gasteiger partial charge < -0.3 is 28.1 Å². The molecule has 0 amide bonds. The fourth-order valence-corrected chi connectivity index (χ4v) is 8.69. The monoisotopic (exact) mass is 976 g/mol. The van der Waals surface area contributed by atoms with Gasteiger partial charge in [0.05, 0.1) is 24.0 Å². The standard InChI is InChI=1S/2C20H26ClN2O8P/c2*1-15(20(24)25)13-16-5-7-17(8-6-16)31-32(28,22(2)12-4-3-11-21)29-14-18-9-10-19(30-18)23(26)27/h2*5-10,15H,3-4,11-14H2,1-2H3,(H,24,25). The molecule has 0 bridgehead atoms. The molecular formula is C40H52Cl2N4O16P2. The molecule has 4 unspecified atom stereocenters. The number of rotatable bonds is 28. The molecule has 0 aliphatic heterocycles. The van der Waals surface area contributed by atoms with Gasteiger partial charge in [-0.15, -0.1) is 23.2 Å².